The lowest BCUT2D eigenvalue weighted by Gasteiger charge is -2.27. The zero-order valence-corrected chi connectivity index (χ0v) is 9.41. The molecule has 0 aliphatic heterocycles. The Balaban J connectivity index is 4.09. The molecule has 0 aliphatic carbocycles. The van der Waals surface area contributed by atoms with Gasteiger partial charge in [-0.15, -0.1) is 0 Å². The topological polar surface area (TPSA) is 71.6 Å². The number of rotatable bonds is 6. The van der Waals surface area contributed by atoms with Gasteiger partial charge in [0, 0.05) is 27.3 Å². The summed E-state index contributed by atoms with van der Waals surface area (Å²) in [5.41, 5.74) is 5.44. The highest BCUT2D eigenvalue weighted by Gasteiger charge is 2.13. The van der Waals surface area contributed by atoms with Gasteiger partial charge in [0.1, 0.15) is 0 Å². The van der Waals surface area contributed by atoms with Crippen LogP contribution in [0.4, 0.5) is 0 Å². The zero-order chi connectivity index (χ0) is 11.1. The molecule has 2 unspecified atom stereocenters. The average Bonchev–Trinajstić information content (AvgIpc) is 2.16. The number of nitrogens with zero attached hydrogens (tertiary/aromatic N) is 1. The summed E-state index contributed by atoms with van der Waals surface area (Å²) in [5, 5.41) is 7.38. The highest BCUT2D eigenvalue weighted by atomic mass is 16.5. The molecule has 0 aliphatic rings. The second-order valence-corrected chi connectivity index (χ2v) is 3.38. The number of hydrogen-bond donors (Lipinski definition) is 2. The molecular formula is C9H21N3O2. The number of guanidine groups is 1. The minimum Gasteiger partial charge on any atom is -0.380 e. The SMILES string of the molecule is COC(C)CN(CC(C)OC)C(=N)N. The summed E-state index contributed by atoms with van der Waals surface area (Å²) in [6, 6.07) is 0. The molecule has 0 fully saturated rings. The van der Waals surface area contributed by atoms with E-state index in [0.717, 1.165) is 0 Å². The van der Waals surface area contributed by atoms with Crippen LogP contribution < -0.4 is 5.73 Å². The van der Waals surface area contributed by atoms with E-state index in [9.17, 15) is 0 Å². The van der Waals surface area contributed by atoms with Crippen LogP contribution in [0.3, 0.4) is 0 Å². The smallest absolute Gasteiger partial charge is 0.188 e. The van der Waals surface area contributed by atoms with Crippen molar-refractivity contribution in [2.24, 2.45) is 5.73 Å². The lowest BCUT2D eigenvalue weighted by atomic mass is 10.3. The van der Waals surface area contributed by atoms with Crippen molar-refractivity contribution in [3.8, 4) is 0 Å². The van der Waals surface area contributed by atoms with Gasteiger partial charge in [0.2, 0.25) is 0 Å². The van der Waals surface area contributed by atoms with Crippen molar-refractivity contribution in [1.82, 2.24) is 4.90 Å². The van der Waals surface area contributed by atoms with Crippen molar-refractivity contribution in [1.29, 1.82) is 5.41 Å². The molecule has 0 aromatic rings. The van der Waals surface area contributed by atoms with E-state index >= 15 is 0 Å². The summed E-state index contributed by atoms with van der Waals surface area (Å²) in [4.78, 5) is 1.74. The van der Waals surface area contributed by atoms with Gasteiger partial charge in [-0.2, -0.15) is 0 Å². The van der Waals surface area contributed by atoms with Gasteiger partial charge >= 0.3 is 0 Å². The average molecular weight is 203 g/mol. The predicted octanol–water partition coefficient (Wildman–Crippen LogP) is 0.252. The van der Waals surface area contributed by atoms with Crippen molar-refractivity contribution in [3.63, 3.8) is 0 Å². The molecule has 14 heavy (non-hydrogen) atoms. The van der Waals surface area contributed by atoms with Crippen molar-refractivity contribution >= 4 is 5.96 Å². The van der Waals surface area contributed by atoms with Gasteiger partial charge in [-0.25, -0.2) is 0 Å². The molecule has 0 rings (SSSR count). The molecule has 2 atom stereocenters. The van der Waals surface area contributed by atoms with Gasteiger partial charge < -0.3 is 20.1 Å². The lowest BCUT2D eigenvalue weighted by Crippen LogP contribution is -2.44. The summed E-state index contributed by atoms with van der Waals surface area (Å²) in [5.74, 6) is 0.0535. The van der Waals surface area contributed by atoms with Gasteiger partial charge in [-0.05, 0) is 13.8 Å². The van der Waals surface area contributed by atoms with E-state index in [1.165, 1.54) is 0 Å². The number of nitrogens with one attached hydrogen (secondary N) is 1. The summed E-state index contributed by atoms with van der Waals surface area (Å²) in [6.45, 7) is 5.10. The molecule has 0 spiro atoms. The fourth-order valence-corrected chi connectivity index (χ4v) is 1.04. The molecule has 84 valence electrons. The van der Waals surface area contributed by atoms with Crippen LogP contribution in [-0.2, 0) is 9.47 Å². The Hall–Kier alpha value is -0.810. The first kappa shape index (κ1) is 13.2. The van der Waals surface area contributed by atoms with E-state index in [4.69, 9.17) is 20.6 Å². The van der Waals surface area contributed by atoms with Gasteiger partial charge in [-0.3, -0.25) is 5.41 Å². The molecule has 0 aromatic carbocycles. The van der Waals surface area contributed by atoms with Crippen LogP contribution in [0.15, 0.2) is 0 Å². The highest BCUT2D eigenvalue weighted by molar-refractivity contribution is 5.74. The van der Waals surface area contributed by atoms with Crippen LogP contribution in [0.1, 0.15) is 13.8 Å². The number of hydrogen-bond acceptors (Lipinski definition) is 3. The Morgan fingerprint density at radius 3 is 1.79 bits per heavy atom. The Kier molecular flexibility index (Phi) is 6.23. The Morgan fingerprint density at radius 2 is 1.57 bits per heavy atom. The van der Waals surface area contributed by atoms with Crippen molar-refractivity contribution in [2.45, 2.75) is 26.1 Å². The molecule has 3 N–H and O–H groups in total. The van der Waals surface area contributed by atoms with E-state index in [-0.39, 0.29) is 18.2 Å². The number of ether oxygens (including phenoxy) is 2. The minimum atomic E-state index is 0.0535. The third kappa shape index (κ3) is 5.04. The van der Waals surface area contributed by atoms with Gasteiger partial charge in [0.25, 0.3) is 0 Å². The summed E-state index contributed by atoms with van der Waals surface area (Å²) < 4.78 is 10.2. The fourth-order valence-electron chi connectivity index (χ4n) is 1.04. The molecule has 0 saturated heterocycles. The van der Waals surface area contributed by atoms with Crippen LogP contribution in [-0.4, -0.2) is 50.4 Å². The molecule has 5 heteroatoms. The zero-order valence-electron chi connectivity index (χ0n) is 9.41. The van der Waals surface area contributed by atoms with Crippen molar-refractivity contribution < 1.29 is 9.47 Å². The summed E-state index contributed by atoms with van der Waals surface area (Å²) in [7, 11) is 3.28. The van der Waals surface area contributed by atoms with Gasteiger partial charge in [0.15, 0.2) is 5.96 Å². The van der Waals surface area contributed by atoms with Crippen LogP contribution in [0, 0.1) is 5.41 Å². The van der Waals surface area contributed by atoms with Crippen molar-refractivity contribution in [3.05, 3.63) is 0 Å². The summed E-state index contributed by atoms with van der Waals surface area (Å²) >= 11 is 0. The van der Waals surface area contributed by atoms with Crippen LogP contribution in [0.2, 0.25) is 0 Å². The third-order valence-electron chi connectivity index (χ3n) is 2.10. The van der Waals surface area contributed by atoms with Crippen LogP contribution in [0.25, 0.3) is 0 Å². The second kappa shape index (κ2) is 6.62. The largest absolute Gasteiger partial charge is 0.380 e. The third-order valence-corrected chi connectivity index (χ3v) is 2.10. The Labute approximate surface area is 85.7 Å². The summed E-state index contributed by atoms with van der Waals surface area (Å²) in [6.07, 6.45) is 0.117. The first-order chi connectivity index (χ1) is 6.51. The van der Waals surface area contributed by atoms with E-state index in [1.807, 2.05) is 13.8 Å². The quantitative estimate of drug-likeness (QED) is 0.479. The number of methoxy groups -OCH3 is 2. The van der Waals surface area contributed by atoms with E-state index < -0.39 is 0 Å². The van der Waals surface area contributed by atoms with Gasteiger partial charge in [0.05, 0.1) is 12.2 Å². The molecule has 0 aromatic heterocycles. The standard InChI is InChI=1S/C9H21N3O2/c1-7(13-3)5-12(9(10)11)6-8(2)14-4/h7-8H,5-6H2,1-4H3,(H3,10,11). The monoisotopic (exact) mass is 203 g/mol. The molecular weight excluding hydrogens is 182 g/mol. The Morgan fingerprint density at radius 1 is 1.21 bits per heavy atom. The maximum absolute atomic E-state index is 7.38. The first-order valence-electron chi connectivity index (χ1n) is 4.65. The van der Waals surface area contributed by atoms with E-state index in [2.05, 4.69) is 0 Å². The second-order valence-electron chi connectivity index (χ2n) is 3.38. The minimum absolute atomic E-state index is 0.0535. The molecule has 0 radical (unpaired) electrons. The molecule has 5 nitrogen and oxygen atoms in total. The predicted molar refractivity (Wildman–Crippen MR) is 56.4 cm³/mol. The van der Waals surface area contributed by atoms with E-state index in [0.29, 0.717) is 13.1 Å². The lowest BCUT2D eigenvalue weighted by molar-refractivity contribution is 0.0641. The molecule has 0 bridgehead atoms. The van der Waals surface area contributed by atoms with Crippen LogP contribution >= 0.6 is 0 Å². The van der Waals surface area contributed by atoms with Crippen LogP contribution in [0.5, 0.6) is 0 Å². The van der Waals surface area contributed by atoms with E-state index in [1.54, 1.807) is 19.1 Å². The number of nitrogens with two attached hydrogens (primary N) is 1. The molecule has 0 saturated carbocycles. The maximum Gasteiger partial charge on any atom is 0.188 e. The molecule has 0 amide bonds. The van der Waals surface area contributed by atoms with Crippen molar-refractivity contribution in [2.75, 3.05) is 27.3 Å². The first-order valence-corrected chi connectivity index (χ1v) is 4.65. The Bertz CT molecular complexity index is 163. The fraction of sp³-hybridized carbons (Fsp3) is 0.889. The maximum atomic E-state index is 7.38. The van der Waals surface area contributed by atoms with Gasteiger partial charge in [-0.1, -0.05) is 0 Å². The highest BCUT2D eigenvalue weighted by Crippen LogP contribution is 1.98. The molecule has 0 heterocycles. The normalized spacial score (nSPS) is 14.9.